The second-order valence-electron chi connectivity index (χ2n) is 4.87. The molecule has 2 heterocycles. The summed E-state index contributed by atoms with van der Waals surface area (Å²) < 4.78 is 0. The van der Waals surface area contributed by atoms with Gasteiger partial charge in [0.25, 0.3) is 0 Å². The minimum absolute atomic E-state index is 0.0613. The van der Waals surface area contributed by atoms with Gasteiger partial charge in [0.15, 0.2) is 5.16 Å². The highest BCUT2D eigenvalue weighted by atomic mass is 32.2. The minimum atomic E-state index is -0.0613. The number of amides is 1. The molecule has 118 valence electrons. The van der Waals surface area contributed by atoms with Crippen LogP contribution >= 0.6 is 11.8 Å². The van der Waals surface area contributed by atoms with Crippen LogP contribution in [0.2, 0.25) is 0 Å². The Kier molecular flexibility index (Phi) is 4.72. The smallest absolute Gasteiger partial charge is 0.230 e. The van der Waals surface area contributed by atoms with Crippen molar-refractivity contribution in [3.8, 4) is 0 Å². The molecule has 0 bridgehead atoms. The molecule has 0 aliphatic heterocycles. The lowest BCUT2D eigenvalue weighted by molar-refractivity contribution is -0.118. The lowest BCUT2D eigenvalue weighted by atomic mass is 10.1. The number of para-hydroxylation sites is 1. The van der Waals surface area contributed by atoms with Gasteiger partial charge in [0, 0.05) is 23.6 Å². The number of nitrogens with two attached hydrogens (primary N) is 1. The average molecular weight is 328 g/mol. The molecule has 0 unspecified atom stereocenters. The van der Waals surface area contributed by atoms with Gasteiger partial charge < -0.3 is 16.0 Å². The van der Waals surface area contributed by atoms with E-state index in [0.717, 1.165) is 11.9 Å². The first-order chi connectivity index (χ1) is 11.2. The van der Waals surface area contributed by atoms with Gasteiger partial charge in [0.1, 0.15) is 6.33 Å². The molecule has 0 saturated heterocycles. The van der Waals surface area contributed by atoms with E-state index in [-0.39, 0.29) is 17.6 Å². The molecular formula is C15H16N6OS. The normalized spacial score (nSPS) is 10.8. The number of aromatic amines is 1. The zero-order valence-corrected chi connectivity index (χ0v) is 13.1. The van der Waals surface area contributed by atoms with Crippen LogP contribution in [-0.4, -0.2) is 38.1 Å². The van der Waals surface area contributed by atoms with Gasteiger partial charge in [0.05, 0.1) is 5.75 Å². The number of aromatic nitrogens is 4. The molecule has 0 atom stereocenters. The number of anilines is 1. The molecule has 0 fully saturated rings. The number of nitrogen functional groups attached to an aromatic ring is 1. The van der Waals surface area contributed by atoms with Crippen LogP contribution in [0.15, 0.2) is 41.9 Å². The number of fused-ring (bicyclic) bond motifs is 1. The predicted octanol–water partition coefficient (Wildman–Crippen LogP) is 1.39. The van der Waals surface area contributed by atoms with E-state index in [1.165, 1.54) is 29.0 Å². The number of thioether (sulfide) groups is 1. The summed E-state index contributed by atoms with van der Waals surface area (Å²) in [6, 6.07) is 8.11. The fourth-order valence-corrected chi connectivity index (χ4v) is 2.86. The van der Waals surface area contributed by atoms with E-state index >= 15 is 0 Å². The standard InChI is InChI=1S/C15H16N6OS/c16-14-19-9-20-15(21-14)23-8-13(22)17-6-5-10-7-18-12-4-2-1-3-11(10)12/h1-4,7,9,18H,5-6,8H2,(H,17,22)(H2,16,19,20,21). The third-order valence-corrected chi connectivity index (χ3v) is 4.15. The van der Waals surface area contributed by atoms with E-state index in [4.69, 9.17) is 5.73 Å². The minimum Gasteiger partial charge on any atom is -0.368 e. The molecule has 0 spiro atoms. The predicted molar refractivity (Wildman–Crippen MR) is 90.0 cm³/mol. The van der Waals surface area contributed by atoms with Crippen molar-refractivity contribution in [1.29, 1.82) is 0 Å². The van der Waals surface area contributed by atoms with Crippen LogP contribution in [0.4, 0.5) is 5.95 Å². The number of H-pyrrole nitrogens is 1. The van der Waals surface area contributed by atoms with Crippen LogP contribution in [-0.2, 0) is 11.2 Å². The molecule has 8 heteroatoms. The summed E-state index contributed by atoms with van der Waals surface area (Å²) in [6.45, 7) is 0.584. The van der Waals surface area contributed by atoms with Gasteiger partial charge in [-0.05, 0) is 18.1 Å². The van der Waals surface area contributed by atoms with Crippen molar-refractivity contribution in [2.75, 3.05) is 18.0 Å². The van der Waals surface area contributed by atoms with Gasteiger partial charge in [-0.15, -0.1) is 0 Å². The largest absolute Gasteiger partial charge is 0.368 e. The lowest BCUT2D eigenvalue weighted by Crippen LogP contribution is -2.27. The van der Waals surface area contributed by atoms with E-state index in [1.54, 1.807) is 0 Å². The zero-order chi connectivity index (χ0) is 16.1. The van der Waals surface area contributed by atoms with E-state index < -0.39 is 0 Å². The summed E-state index contributed by atoms with van der Waals surface area (Å²) in [7, 11) is 0. The highest BCUT2D eigenvalue weighted by Gasteiger charge is 2.07. The van der Waals surface area contributed by atoms with Crippen LogP contribution in [0.5, 0.6) is 0 Å². The highest BCUT2D eigenvalue weighted by Crippen LogP contribution is 2.17. The molecule has 7 nitrogen and oxygen atoms in total. The second-order valence-corrected chi connectivity index (χ2v) is 5.82. The first-order valence-corrected chi connectivity index (χ1v) is 8.10. The fraction of sp³-hybridized carbons (Fsp3) is 0.200. The number of carbonyl (C=O) groups excluding carboxylic acids is 1. The molecule has 0 saturated carbocycles. The Morgan fingerprint density at radius 2 is 2.17 bits per heavy atom. The van der Waals surface area contributed by atoms with E-state index in [2.05, 4.69) is 31.3 Å². The number of rotatable bonds is 6. The first-order valence-electron chi connectivity index (χ1n) is 7.11. The molecule has 4 N–H and O–H groups in total. The topological polar surface area (TPSA) is 110 Å². The molecule has 3 aromatic rings. The van der Waals surface area contributed by atoms with E-state index in [9.17, 15) is 4.79 Å². The van der Waals surface area contributed by atoms with Crippen molar-refractivity contribution in [2.24, 2.45) is 0 Å². The van der Waals surface area contributed by atoms with Crippen molar-refractivity contribution in [3.63, 3.8) is 0 Å². The Balaban J connectivity index is 1.46. The van der Waals surface area contributed by atoms with Crippen LogP contribution < -0.4 is 11.1 Å². The average Bonchev–Trinajstić information content (AvgIpc) is 2.97. The number of nitrogens with one attached hydrogen (secondary N) is 2. The maximum absolute atomic E-state index is 11.9. The fourth-order valence-electron chi connectivity index (χ4n) is 2.22. The molecular weight excluding hydrogens is 312 g/mol. The van der Waals surface area contributed by atoms with Crippen LogP contribution in [0.25, 0.3) is 10.9 Å². The molecule has 0 aliphatic rings. The molecule has 3 rings (SSSR count). The van der Waals surface area contributed by atoms with Crippen molar-refractivity contribution in [2.45, 2.75) is 11.6 Å². The van der Waals surface area contributed by atoms with Gasteiger partial charge in [-0.25, -0.2) is 9.97 Å². The third kappa shape index (κ3) is 3.98. The molecule has 0 aliphatic carbocycles. The van der Waals surface area contributed by atoms with E-state index in [0.29, 0.717) is 11.7 Å². The van der Waals surface area contributed by atoms with Crippen LogP contribution in [0, 0.1) is 0 Å². The summed E-state index contributed by atoms with van der Waals surface area (Å²) >= 11 is 1.23. The Labute approximate surface area is 137 Å². The summed E-state index contributed by atoms with van der Waals surface area (Å²) in [5, 5.41) is 4.53. The van der Waals surface area contributed by atoms with Crippen molar-refractivity contribution in [3.05, 3.63) is 42.4 Å². The molecule has 1 amide bonds. The molecule has 2 aromatic heterocycles. The van der Waals surface area contributed by atoms with Crippen molar-refractivity contribution >= 4 is 34.5 Å². The molecule has 0 radical (unpaired) electrons. The second kappa shape index (κ2) is 7.10. The third-order valence-electron chi connectivity index (χ3n) is 3.29. The van der Waals surface area contributed by atoms with Gasteiger partial charge >= 0.3 is 0 Å². The summed E-state index contributed by atoms with van der Waals surface area (Å²) in [4.78, 5) is 26.7. The molecule has 1 aromatic carbocycles. The van der Waals surface area contributed by atoms with Crippen LogP contribution in [0.3, 0.4) is 0 Å². The monoisotopic (exact) mass is 328 g/mol. The maximum atomic E-state index is 11.9. The maximum Gasteiger partial charge on any atom is 0.230 e. The Hall–Kier alpha value is -2.61. The highest BCUT2D eigenvalue weighted by molar-refractivity contribution is 7.99. The summed E-state index contributed by atoms with van der Waals surface area (Å²) in [6.07, 6.45) is 4.10. The summed E-state index contributed by atoms with van der Waals surface area (Å²) in [5.41, 5.74) is 7.77. The van der Waals surface area contributed by atoms with Gasteiger partial charge in [-0.1, -0.05) is 30.0 Å². The summed E-state index contributed by atoms with van der Waals surface area (Å²) in [5.74, 6) is 0.341. The Morgan fingerprint density at radius 3 is 3.04 bits per heavy atom. The zero-order valence-electron chi connectivity index (χ0n) is 12.3. The van der Waals surface area contributed by atoms with Crippen molar-refractivity contribution < 1.29 is 4.79 Å². The molecule has 23 heavy (non-hydrogen) atoms. The Bertz CT molecular complexity index is 818. The number of hydrogen-bond donors (Lipinski definition) is 3. The lowest BCUT2D eigenvalue weighted by Gasteiger charge is -2.04. The van der Waals surface area contributed by atoms with Gasteiger partial charge in [0.2, 0.25) is 11.9 Å². The number of nitrogens with zero attached hydrogens (tertiary/aromatic N) is 3. The quantitative estimate of drug-likeness (QED) is 0.590. The van der Waals surface area contributed by atoms with Crippen molar-refractivity contribution in [1.82, 2.24) is 25.3 Å². The SMILES string of the molecule is Nc1ncnc(SCC(=O)NCCc2c[nH]c3ccccc23)n1. The van der Waals surface area contributed by atoms with Gasteiger partial charge in [-0.3, -0.25) is 4.79 Å². The van der Waals surface area contributed by atoms with Crippen LogP contribution in [0.1, 0.15) is 5.56 Å². The first kappa shape index (κ1) is 15.3. The van der Waals surface area contributed by atoms with Gasteiger partial charge in [-0.2, -0.15) is 4.98 Å². The number of carbonyl (C=O) groups is 1. The number of hydrogen-bond acceptors (Lipinski definition) is 6. The number of benzene rings is 1. The van der Waals surface area contributed by atoms with E-state index in [1.807, 2.05) is 24.4 Å². The Morgan fingerprint density at radius 1 is 1.30 bits per heavy atom.